The number of nitrogens with one attached hydrogen (secondary N) is 1. The molecule has 5 nitrogen and oxygen atoms in total. The first-order valence-electron chi connectivity index (χ1n) is 9.00. The summed E-state index contributed by atoms with van der Waals surface area (Å²) in [6, 6.07) is 12.1. The van der Waals surface area contributed by atoms with Gasteiger partial charge in [0.2, 0.25) is 0 Å². The molecular formula is C22H25N3O2. The number of aryl methyl sites for hydroxylation is 3. The summed E-state index contributed by atoms with van der Waals surface area (Å²) in [4.78, 5) is 16.4. The predicted molar refractivity (Wildman–Crippen MR) is 106 cm³/mol. The van der Waals surface area contributed by atoms with Gasteiger partial charge in [-0.1, -0.05) is 18.2 Å². The molecule has 1 aromatic heterocycles. The number of hydrogen-bond acceptors (Lipinski definition) is 3. The number of ether oxygens (including phenoxy) is 1. The van der Waals surface area contributed by atoms with Crippen molar-refractivity contribution in [3.63, 3.8) is 0 Å². The third-order valence-corrected chi connectivity index (χ3v) is 4.65. The zero-order chi connectivity index (χ0) is 19.4. The molecule has 0 radical (unpaired) electrons. The number of nitrogens with zero attached hydrogens (tertiary/aromatic N) is 2. The lowest BCUT2D eigenvalue weighted by Crippen LogP contribution is -2.28. The number of aromatic nitrogens is 2. The Hall–Kier alpha value is -3.08. The lowest BCUT2D eigenvalue weighted by molar-refractivity contribution is -0.123. The highest BCUT2D eigenvalue weighted by molar-refractivity contribution is 5.77. The standard InChI is InChI=1S/C22H25N3O2/c1-15-11-16(2)17(3)21(12-15)27-14-22(26)24-13-19-5-7-20(8-6-19)25-10-9-23-18(25)4/h5-12H,13-14H2,1-4H3,(H,24,26). The molecular weight excluding hydrogens is 338 g/mol. The molecule has 0 atom stereocenters. The zero-order valence-corrected chi connectivity index (χ0v) is 16.2. The molecule has 2 aromatic carbocycles. The minimum Gasteiger partial charge on any atom is -0.483 e. The molecule has 0 unspecified atom stereocenters. The van der Waals surface area contributed by atoms with Gasteiger partial charge in [0.05, 0.1) is 0 Å². The molecule has 5 heteroatoms. The van der Waals surface area contributed by atoms with Crippen LogP contribution in [0.15, 0.2) is 48.8 Å². The second-order valence-corrected chi connectivity index (χ2v) is 6.78. The van der Waals surface area contributed by atoms with Gasteiger partial charge >= 0.3 is 0 Å². The van der Waals surface area contributed by atoms with E-state index in [0.717, 1.165) is 34.0 Å². The number of imidazole rings is 1. The highest BCUT2D eigenvalue weighted by atomic mass is 16.5. The largest absolute Gasteiger partial charge is 0.483 e. The van der Waals surface area contributed by atoms with E-state index in [0.29, 0.717) is 6.54 Å². The fraction of sp³-hybridized carbons (Fsp3) is 0.273. The van der Waals surface area contributed by atoms with Crippen molar-refractivity contribution >= 4 is 5.91 Å². The van der Waals surface area contributed by atoms with Crippen LogP contribution in [0.3, 0.4) is 0 Å². The van der Waals surface area contributed by atoms with Crippen LogP contribution in [-0.2, 0) is 11.3 Å². The molecule has 0 aliphatic carbocycles. The first kappa shape index (κ1) is 18.7. The van der Waals surface area contributed by atoms with Gasteiger partial charge in [-0.15, -0.1) is 0 Å². The molecule has 3 aromatic rings. The van der Waals surface area contributed by atoms with E-state index >= 15 is 0 Å². The minimum atomic E-state index is -0.136. The second-order valence-electron chi connectivity index (χ2n) is 6.78. The van der Waals surface area contributed by atoms with Crippen molar-refractivity contribution in [1.82, 2.24) is 14.9 Å². The van der Waals surface area contributed by atoms with Crippen LogP contribution >= 0.6 is 0 Å². The Bertz CT molecular complexity index is 943. The van der Waals surface area contributed by atoms with Crippen LogP contribution in [0.5, 0.6) is 5.75 Å². The lowest BCUT2D eigenvalue weighted by atomic mass is 10.1. The van der Waals surface area contributed by atoms with Gasteiger partial charge in [-0.2, -0.15) is 0 Å². The minimum absolute atomic E-state index is 0.00997. The van der Waals surface area contributed by atoms with Crippen molar-refractivity contribution < 1.29 is 9.53 Å². The van der Waals surface area contributed by atoms with E-state index in [1.54, 1.807) is 6.20 Å². The highest BCUT2D eigenvalue weighted by Gasteiger charge is 2.08. The van der Waals surface area contributed by atoms with E-state index in [1.165, 1.54) is 5.56 Å². The predicted octanol–water partition coefficient (Wildman–Crippen LogP) is 3.80. The molecule has 0 aliphatic heterocycles. The van der Waals surface area contributed by atoms with Gasteiger partial charge in [0.1, 0.15) is 11.6 Å². The third kappa shape index (κ3) is 4.56. The fourth-order valence-electron chi connectivity index (χ4n) is 2.97. The van der Waals surface area contributed by atoms with E-state index < -0.39 is 0 Å². The lowest BCUT2D eigenvalue weighted by Gasteiger charge is -2.12. The molecule has 0 saturated carbocycles. The monoisotopic (exact) mass is 363 g/mol. The molecule has 27 heavy (non-hydrogen) atoms. The van der Waals surface area contributed by atoms with Crippen molar-refractivity contribution in [3.05, 3.63) is 76.9 Å². The van der Waals surface area contributed by atoms with Crippen LogP contribution in [-0.4, -0.2) is 22.1 Å². The Morgan fingerprint density at radius 2 is 1.85 bits per heavy atom. The van der Waals surface area contributed by atoms with Crippen molar-refractivity contribution in [2.24, 2.45) is 0 Å². The fourth-order valence-corrected chi connectivity index (χ4v) is 2.97. The van der Waals surface area contributed by atoms with Crippen LogP contribution in [0.4, 0.5) is 0 Å². The summed E-state index contributed by atoms with van der Waals surface area (Å²) in [5.74, 6) is 1.57. The Labute approximate surface area is 160 Å². The number of carbonyl (C=O) groups is 1. The van der Waals surface area contributed by atoms with Crippen LogP contribution in [0, 0.1) is 27.7 Å². The second kappa shape index (κ2) is 8.08. The highest BCUT2D eigenvalue weighted by Crippen LogP contribution is 2.23. The van der Waals surface area contributed by atoms with Crippen molar-refractivity contribution in [3.8, 4) is 11.4 Å². The van der Waals surface area contributed by atoms with Gasteiger partial charge in [0.25, 0.3) is 5.91 Å². The van der Waals surface area contributed by atoms with Crippen molar-refractivity contribution in [2.75, 3.05) is 6.61 Å². The normalized spacial score (nSPS) is 10.7. The molecule has 0 fully saturated rings. The van der Waals surface area contributed by atoms with E-state index in [4.69, 9.17) is 4.74 Å². The van der Waals surface area contributed by atoms with E-state index in [9.17, 15) is 4.79 Å². The van der Waals surface area contributed by atoms with Gasteiger partial charge in [-0.25, -0.2) is 4.98 Å². The number of amides is 1. The summed E-state index contributed by atoms with van der Waals surface area (Å²) in [5, 5.41) is 2.90. The van der Waals surface area contributed by atoms with Crippen LogP contribution < -0.4 is 10.1 Å². The summed E-state index contributed by atoms with van der Waals surface area (Å²) in [5.41, 5.74) is 5.44. The molecule has 1 heterocycles. The summed E-state index contributed by atoms with van der Waals surface area (Å²) < 4.78 is 7.72. The average Bonchev–Trinajstić information content (AvgIpc) is 3.08. The molecule has 0 aliphatic rings. The van der Waals surface area contributed by atoms with Gasteiger partial charge in [-0.05, 0) is 68.1 Å². The van der Waals surface area contributed by atoms with Crippen LogP contribution in [0.1, 0.15) is 28.1 Å². The van der Waals surface area contributed by atoms with Gasteiger partial charge in [0, 0.05) is 24.6 Å². The first-order valence-corrected chi connectivity index (χ1v) is 9.00. The van der Waals surface area contributed by atoms with E-state index in [1.807, 2.05) is 68.8 Å². The topological polar surface area (TPSA) is 56.1 Å². The molecule has 0 bridgehead atoms. The Balaban J connectivity index is 1.53. The average molecular weight is 363 g/mol. The first-order chi connectivity index (χ1) is 12.9. The van der Waals surface area contributed by atoms with Gasteiger partial charge in [-0.3, -0.25) is 4.79 Å². The van der Waals surface area contributed by atoms with Crippen molar-refractivity contribution in [2.45, 2.75) is 34.2 Å². The van der Waals surface area contributed by atoms with Crippen LogP contribution in [0.25, 0.3) is 5.69 Å². The van der Waals surface area contributed by atoms with E-state index in [-0.39, 0.29) is 12.5 Å². The molecule has 0 saturated heterocycles. The Morgan fingerprint density at radius 3 is 2.52 bits per heavy atom. The number of rotatable bonds is 6. The SMILES string of the molecule is Cc1cc(C)c(C)c(OCC(=O)NCc2ccc(-n3ccnc3C)cc2)c1. The van der Waals surface area contributed by atoms with Crippen molar-refractivity contribution in [1.29, 1.82) is 0 Å². The maximum atomic E-state index is 12.1. The maximum Gasteiger partial charge on any atom is 0.258 e. The molecule has 140 valence electrons. The molecule has 1 N–H and O–H groups in total. The summed E-state index contributed by atoms with van der Waals surface area (Å²) in [6.45, 7) is 8.52. The smallest absolute Gasteiger partial charge is 0.258 e. The number of carbonyl (C=O) groups excluding carboxylic acids is 1. The van der Waals surface area contributed by atoms with E-state index in [2.05, 4.69) is 16.4 Å². The molecule has 1 amide bonds. The maximum absolute atomic E-state index is 12.1. The van der Waals surface area contributed by atoms with Gasteiger partial charge < -0.3 is 14.6 Å². The zero-order valence-electron chi connectivity index (χ0n) is 16.2. The molecule has 0 spiro atoms. The Morgan fingerprint density at radius 1 is 1.11 bits per heavy atom. The number of hydrogen-bond donors (Lipinski definition) is 1. The van der Waals surface area contributed by atoms with Crippen LogP contribution in [0.2, 0.25) is 0 Å². The third-order valence-electron chi connectivity index (χ3n) is 4.65. The quantitative estimate of drug-likeness (QED) is 0.725. The summed E-state index contributed by atoms with van der Waals surface area (Å²) >= 11 is 0. The number of benzene rings is 2. The summed E-state index contributed by atoms with van der Waals surface area (Å²) in [7, 11) is 0. The Kier molecular flexibility index (Phi) is 5.60. The summed E-state index contributed by atoms with van der Waals surface area (Å²) in [6.07, 6.45) is 3.71. The van der Waals surface area contributed by atoms with Gasteiger partial charge in [0.15, 0.2) is 6.61 Å². The molecule has 3 rings (SSSR count).